The van der Waals surface area contributed by atoms with E-state index in [0.717, 1.165) is 21.9 Å². The molecule has 0 aliphatic rings. The Morgan fingerprint density at radius 1 is 1.36 bits per heavy atom. The van der Waals surface area contributed by atoms with E-state index >= 15 is 0 Å². The van der Waals surface area contributed by atoms with Gasteiger partial charge in [0, 0.05) is 22.8 Å². The predicted molar refractivity (Wildman–Crippen MR) is 88.3 cm³/mol. The summed E-state index contributed by atoms with van der Waals surface area (Å²) >= 11 is 1.54. The minimum absolute atomic E-state index is 0.205. The number of hydrogen-bond acceptors (Lipinski definition) is 4. The Hall–Kier alpha value is -2.14. The van der Waals surface area contributed by atoms with Crippen molar-refractivity contribution in [2.75, 3.05) is 6.61 Å². The molecule has 0 aliphatic carbocycles. The van der Waals surface area contributed by atoms with Gasteiger partial charge in [-0.3, -0.25) is 9.20 Å². The minimum Gasteiger partial charge on any atom is -0.466 e. The van der Waals surface area contributed by atoms with E-state index in [0.29, 0.717) is 6.61 Å². The first-order chi connectivity index (χ1) is 10.6. The average Bonchev–Trinajstić information content (AvgIpc) is 3.01. The van der Waals surface area contributed by atoms with Crippen molar-refractivity contribution in [1.82, 2.24) is 9.38 Å². The molecule has 3 aromatic rings. The molecule has 114 valence electrons. The van der Waals surface area contributed by atoms with Gasteiger partial charge in [-0.25, -0.2) is 4.98 Å². The molecule has 0 saturated heterocycles. The van der Waals surface area contributed by atoms with E-state index in [-0.39, 0.29) is 12.4 Å². The zero-order valence-corrected chi connectivity index (χ0v) is 13.7. The highest BCUT2D eigenvalue weighted by Gasteiger charge is 2.13. The van der Waals surface area contributed by atoms with Gasteiger partial charge in [-0.15, -0.1) is 11.3 Å². The number of hydrogen-bond donors (Lipinski definition) is 0. The van der Waals surface area contributed by atoms with Crippen molar-refractivity contribution in [1.29, 1.82) is 0 Å². The van der Waals surface area contributed by atoms with Crippen LogP contribution >= 0.6 is 11.3 Å². The lowest BCUT2D eigenvalue weighted by atomic mass is 10.0. The molecule has 0 amide bonds. The van der Waals surface area contributed by atoms with Crippen molar-refractivity contribution in [3.8, 4) is 11.3 Å². The molecule has 0 fully saturated rings. The fourth-order valence-electron chi connectivity index (χ4n) is 2.55. The van der Waals surface area contributed by atoms with Crippen LogP contribution in [0.1, 0.15) is 23.7 Å². The van der Waals surface area contributed by atoms with Crippen molar-refractivity contribution >= 4 is 22.3 Å². The number of carbonyl (C=O) groups is 1. The summed E-state index contributed by atoms with van der Waals surface area (Å²) in [4.78, 5) is 17.2. The molecular weight excluding hydrogens is 296 g/mol. The Morgan fingerprint density at radius 2 is 2.18 bits per heavy atom. The number of aromatic nitrogens is 2. The molecule has 1 aromatic carbocycles. The molecule has 0 spiro atoms. The number of imidazole rings is 1. The molecule has 0 radical (unpaired) electrons. The maximum atomic E-state index is 11.7. The molecule has 22 heavy (non-hydrogen) atoms. The second kappa shape index (κ2) is 5.93. The molecular formula is C17H18N2O2S. The second-order valence-electron chi connectivity index (χ2n) is 5.31. The fraction of sp³-hybridized carbons (Fsp3) is 0.294. The van der Waals surface area contributed by atoms with Crippen LogP contribution in [0.15, 0.2) is 29.8 Å². The van der Waals surface area contributed by atoms with Gasteiger partial charge in [-0.2, -0.15) is 0 Å². The number of thiazole rings is 1. The van der Waals surface area contributed by atoms with E-state index in [4.69, 9.17) is 4.74 Å². The number of fused-ring (bicyclic) bond motifs is 1. The third-order valence-corrected chi connectivity index (χ3v) is 4.46. The quantitative estimate of drug-likeness (QED) is 0.688. The summed E-state index contributed by atoms with van der Waals surface area (Å²) in [7, 11) is 0. The Labute approximate surface area is 133 Å². The van der Waals surface area contributed by atoms with Crippen LogP contribution in [0.2, 0.25) is 0 Å². The summed E-state index contributed by atoms with van der Waals surface area (Å²) in [5, 5.41) is 1.96. The number of aryl methyl sites for hydroxylation is 2. The minimum atomic E-state index is -0.205. The molecule has 3 rings (SSSR count). The predicted octanol–water partition coefficient (Wildman–Crippen LogP) is 3.79. The molecule has 0 aliphatic heterocycles. The summed E-state index contributed by atoms with van der Waals surface area (Å²) in [5.41, 5.74) is 5.43. The zero-order valence-electron chi connectivity index (χ0n) is 12.9. The van der Waals surface area contributed by atoms with Crippen LogP contribution in [-0.2, 0) is 16.0 Å². The van der Waals surface area contributed by atoms with E-state index < -0.39 is 0 Å². The van der Waals surface area contributed by atoms with Crippen LogP contribution in [0.3, 0.4) is 0 Å². The molecule has 0 unspecified atom stereocenters. The molecule has 0 atom stereocenters. The number of nitrogens with zero attached hydrogens (tertiary/aromatic N) is 2. The van der Waals surface area contributed by atoms with Gasteiger partial charge in [-0.05, 0) is 26.3 Å². The molecule has 2 heterocycles. The largest absolute Gasteiger partial charge is 0.466 e. The molecule has 4 nitrogen and oxygen atoms in total. The zero-order chi connectivity index (χ0) is 15.7. The van der Waals surface area contributed by atoms with Crippen LogP contribution in [-0.4, -0.2) is 22.0 Å². The summed E-state index contributed by atoms with van der Waals surface area (Å²) in [6.07, 6.45) is 2.27. The third kappa shape index (κ3) is 2.76. The highest BCUT2D eigenvalue weighted by atomic mass is 32.1. The van der Waals surface area contributed by atoms with Gasteiger partial charge in [0.05, 0.1) is 18.7 Å². The van der Waals surface area contributed by atoms with Gasteiger partial charge in [0.15, 0.2) is 4.96 Å². The van der Waals surface area contributed by atoms with E-state index in [9.17, 15) is 4.79 Å². The number of carbonyl (C=O) groups excluding carboxylic acids is 1. The Bertz CT molecular complexity index is 832. The molecule has 0 saturated carbocycles. The van der Waals surface area contributed by atoms with Crippen LogP contribution in [0.5, 0.6) is 0 Å². The van der Waals surface area contributed by atoms with Gasteiger partial charge in [0.1, 0.15) is 0 Å². The van der Waals surface area contributed by atoms with Crippen LogP contribution < -0.4 is 0 Å². The lowest BCUT2D eigenvalue weighted by molar-refractivity contribution is -0.142. The van der Waals surface area contributed by atoms with Crippen LogP contribution in [0, 0.1) is 13.8 Å². The van der Waals surface area contributed by atoms with Gasteiger partial charge in [-0.1, -0.05) is 23.8 Å². The van der Waals surface area contributed by atoms with E-state index in [1.165, 1.54) is 11.1 Å². The van der Waals surface area contributed by atoms with Crippen molar-refractivity contribution in [2.45, 2.75) is 27.2 Å². The lowest BCUT2D eigenvalue weighted by Gasteiger charge is -2.03. The number of benzene rings is 1. The highest BCUT2D eigenvalue weighted by Crippen LogP contribution is 2.27. The Morgan fingerprint density at radius 3 is 2.91 bits per heavy atom. The van der Waals surface area contributed by atoms with Crippen molar-refractivity contribution < 1.29 is 9.53 Å². The van der Waals surface area contributed by atoms with Crippen LogP contribution in [0.25, 0.3) is 16.2 Å². The first-order valence-electron chi connectivity index (χ1n) is 7.27. The summed E-state index contributed by atoms with van der Waals surface area (Å²) in [5.74, 6) is -0.205. The van der Waals surface area contributed by atoms with Gasteiger partial charge < -0.3 is 4.74 Å². The van der Waals surface area contributed by atoms with E-state index in [2.05, 4.69) is 37.0 Å². The standard InChI is InChI=1S/C17H18N2O2S/c1-4-21-16(20)8-13-10-22-17-18-15(9-19(13)17)14-6-5-11(2)7-12(14)3/h5-7,9-10H,4,8H2,1-3H3. The van der Waals surface area contributed by atoms with Crippen molar-refractivity contribution in [3.63, 3.8) is 0 Å². The molecule has 5 heteroatoms. The normalized spacial score (nSPS) is 11.0. The fourth-order valence-corrected chi connectivity index (χ4v) is 3.42. The van der Waals surface area contributed by atoms with E-state index in [1.807, 2.05) is 22.9 Å². The number of esters is 1. The average molecular weight is 314 g/mol. The summed E-state index contributed by atoms with van der Waals surface area (Å²) in [6, 6.07) is 6.35. The molecule has 0 bridgehead atoms. The summed E-state index contributed by atoms with van der Waals surface area (Å²) < 4.78 is 7.00. The molecule has 0 N–H and O–H groups in total. The van der Waals surface area contributed by atoms with Crippen molar-refractivity contribution in [2.24, 2.45) is 0 Å². The smallest absolute Gasteiger partial charge is 0.311 e. The first kappa shape index (κ1) is 14.8. The van der Waals surface area contributed by atoms with Gasteiger partial charge in [0.2, 0.25) is 0 Å². The van der Waals surface area contributed by atoms with Crippen molar-refractivity contribution in [3.05, 3.63) is 46.6 Å². The second-order valence-corrected chi connectivity index (χ2v) is 6.14. The lowest BCUT2D eigenvalue weighted by Crippen LogP contribution is -2.08. The number of ether oxygens (including phenoxy) is 1. The Balaban J connectivity index is 1.96. The van der Waals surface area contributed by atoms with Crippen LogP contribution in [0.4, 0.5) is 0 Å². The topological polar surface area (TPSA) is 43.6 Å². The maximum absolute atomic E-state index is 11.7. The number of rotatable bonds is 4. The van der Waals surface area contributed by atoms with Gasteiger partial charge >= 0.3 is 5.97 Å². The Kier molecular flexibility index (Phi) is 3.98. The summed E-state index contributed by atoms with van der Waals surface area (Å²) in [6.45, 7) is 6.40. The van der Waals surface area contributed by atoms with E-state index in [1.54, 1.807) is 11.3 Å². The first-order valence-corrected chi connectivity index (χ1v) is 8.15. The maximum Gasteiger partial charge on any atom is 0.311 e. The highest BCUT2D eigenvalue weighted by molar-refractivity contribution is 7.15. The third-order valence-electron chi connectivity index (χ3n) is 3.57. The van der Waals surface area contributed by atoms with Gasteiger partial charge in [0.25, 0.3) is 0 Å². The monoisotopic (exact) mass is 314 g/mol. The SMILES string of the molecule is CCOC(=O)Cc1csc2nc(-c3ccc(C)cc3C)cn12. The molecule has 2 aromatic heterocycles.